The van der Waals surface area contributed by atoms with Crippen LogP contribution in [0.5, 0.6) is 0 Å². The highest BCUT2D eigenvalue weighted by Crippen LogP contribution is 2.22. The number of hydrogen-bond acceptors (Lipinski definition) is 2. The molecule has 0 fully saturated rings. The summed E-state index contributed by atoms with van der Waals surface area (Å²) >= 11 is 3.48. The monoisotopic (exact) mass is 343 g/mol. The van der Waals surface area contributed by atoms with Gasteiger partial charge in [0.15, 0.2) is 0 Å². The highest BCUT2D eigenvalue weighted by Gasteiger charge is 2.07. The predicted molar refractivity (Wildman–Crippen MR) is 90.4 cm³/mol. The van der Waals surface area contributed by atoms with Gasteiger partial charge in [-0.1, -0.05) is 25.1 Å². The highest BCUT2D eigenvalue weighted by molar-refractivity contribution is 9.10. The van der Waals surface area contributed by atoms with Crippen LogP contribution in [0.25, 0.3) is 10.9 Å². The summed E-state index contributed by atoms with van der Waals surface area (Å²) < 4.78 is 3.31. The first kappa shape index (κ1) is 14.3. The SMILES string of the molecule is CCNCc1cccc2ccn(Cc3cncc(Br)c3)c12. The molecule has 0 aliphatic rings. The lowest BCUT2D eigenvalue weighted by atomic mass is 10.1. The van der Waals surface area contributed by atoms with Crippen LogP contribution in [0.15, 0.2) is 53.4 Å². The maximum atomic E-state index is 4.24. The first-order valence-corrected chi connectivity index (χ1v) is 7.94. The minimum absolute atomic E-state index is 0.832. The van der Waals surface area contributed by atoms with Gasteiger partial charge < -0.3 is 9.88 Å². The summed E-state index contributed by atoms with van der Waals surface area (Å²) in [7, 11) is 0. The number of nitrogens with one attached hydrogen (secondary N) is 1. The molecule has 0 radical (unpaired) electrons. The Morgan fingerprint density at radius 3 is 2.95 bits per heavy atom. The number of hydrogen-bond donors (Lipinski definition) is 1. The third-order valence-corrected chi connectivity index (χ3v) is 3.99. The molecule has 21 heavy (non-hydrogen) atoms. The van der Waals surface area contributed by atoms with Crippen molar-refractivity contribution in [2.24, 2.45) is 0 Å². The lowest BCUT2D eigenvalue weighted by Crippen LogP contribution is -2.13. The third kappa shape index (κ3) is 3.17. The van der Waals surface area contributed by atoms with Crippen LogP contribution in [0.1, 0.15) is 18.1 Å². The van der Waals surface area contributed by atoms with E-state index in [4.69, 9.17) is 0 Å². The van der Waals surface area contributed by atoms with Crippen molar-refractivity contribution in [2.45, 2.75) is 20.0 Å². The normalized spacial score (nSPS) is 11.1. The van der Waals surface area contributed by atoms with Gasteiger partial charge in [-0.2, -0.15) is 0 Å². The summed E-state index contributed by atoms with van der Waals surface area (Å²) in [5.74, 6) is 0. The first-order valence-electron chi connectivity index (χ1n) is 7.15. The van der Waals surface area contributed by atoms with Crippen LogP contribution in [0.4, 0.5) is 0 Å². The molecule has 4 heteroatoms. The van der Waals surface area contributed by atoms with Crippen molar-refractivity contribution in [1.29, 1.82) is 0 Å². The summed E-state index contributed by atoms with van der Waals surface area (Å²) in [6.07, 6.45) is 5.89. The topological polar surface area (TPSA) is 29.9 Å². The van der Waals surface area contributed by atoms with Crippen molar-refractivity contribution in [1.82, 2.24) is 14.9 Å². The van der Waals surface area contributed by atoms with E-state index in [2.05, 4.69) is 74.3 Å². The number of nitrogens with zero attached hydrogens (tertiary/aromatic N) is 2. The molecule has 108 valence electrons. The van der Waals surface area contributed by atoms with Gasteiger partial charge in [-0.05, 0) is 51.1 Å². The molecule has 0 spiro atoms. The second-order valence-electron chi connectivity index (χ2n) is 5.09. The van der Waals surface area contributed by atoms with Gasteiger partial charge in [0.2, 0.25) is 0 Å². The Morgan fingerprint density at radius 2 is 2.14 bits per heavy atom. The summed E-state index contributed by atoms with van der Waals surface area (Å²) in [5.41, 5.74) is 3.83. The molecule has 3 nitrogen and oxygen atoms in total. The third-order valence-electron chi connectivity index (χ3n) is 3.55. The molecule has 0 amide bonds. The molecule has 2 heterocycles. The van der Waals surface area contributed by atoms with Crippen LogP contribution in [0, 0.1) is 0 Å². The smallest absolute Gasteiger partial charge is 0.0529 e. The summed E-state index contributed by atoms with van der Waals surface area (Å²) in [4.78, 5) is 4.24. The van der Waals surface area contributed by atoms with Gasteiger partial charge in [0, 0.05) is 36.2 Å². The van der Waals surface area contributed by atoms with E-state index >= 15 is 0 Å². The minimum Gasteiger partial charge on any atom is -0.343 e. The molecule has 0 unspecified atom stereocenters. The van der Waals surface area contributed by atoms with Gasteiger partial charge in [-0.15, -0.1) is 0 Å². The summed E-state index contributed by atoms with van der Waals surface area (Å²) in [6.45, 7) is 4.84. The number of benzene rings is 1. The quantitative estimate of drug-likeness (QED) is 0.759. The lowest BCUT2D eigenvalue weighted by Gasteiger charge is -2.10. The Balaban J connectivity index is 1.98. The maximum Gasteiger partial charge on any atom is 0.0529 e. The fourth-order valence-electron chi connectivity index (χ4n) is 2.61. The molecule has 1 aromatic carbocycles. The number of halogens is 1. The van der Waals surface area contributed by atoms with E-state index in [-0.39, 0.29) is 0 Å². The van der Waals surface area contributed by atoms with E-state index in [0.717, 1.165) is 24.1 Å². The van der Waals surface area contributed by atoms with E-state index in [1.54, 1.807) is 0 Å². The zero-order chi connectivity index (χ0) is 14.7. The van der Waals surface area contributed by atoms with Gasteiger partial charge in [0.25, 0.3) is 0 Å². The first-order chi connectivity index (χ1) is 10.3. The standard InChI is InChI=1S/C17H18BrN3/c1-2-19-10-15-5-3-4-14-6-7-21(17(14)15)12-13-8-16(18)11-20-9-13/h3-9,11,19H,2,10,12H2,1H3. The molecule has 0 saturated carbocycles. The number of para-hydroxylation sites is 1. The predicted octanol–water partition coefficient (Wildman–Crippen LogP) is 3.96. The van der Waals surface area contributed by atoms with E-state index < -0.39 is 0 Å². The second-order valence-corrected chi connectivity index (χ2v) is 6.01. The Morgan fingerprint density at radius 1 is 1.24 bits per heavy atom. The average Bonchev–Trinajstić information content (AvgIpc) is 2.89. The second kappa shape index (κ2) is 6.41. The molecule has 0 aliphatic heterocycles. The van der Waals surface area contributed by atoms with Crippen LogP contribution >= 0.6 is 15.9 Å². The van der Waals surface area contributed by atoms with Crippen molar-refractivity contribution in [3.8, 4) is 0 Å². The molecular formula is C17H18BrN3. The van der Waals surface area contributed by atoms with Crippen molar-refractivity contribution < 1.29 is 0 Å². The zero-order valence-electron chi connectivity index (χ0n) is 12.0. The van der Waals surface area contributed by atoms with Gasteiger partial charge in [-0.25, -0.2) is 0 Å². The summed E-state index contributed by atoms with van der Waals surface area (Å²) in [6, 6.07) is 10.8. The van der Waals surface area contributed by atoms with Crippen molar-refractivity contribution in [3.63, 3.8) is 0 Å². The van der Waals surface area contributed by atoms with Crippen LogP contribution in [-0.2, 0) is 13.1 Å². The van der Waals surface area contributed by atoms with Gasteiger partial charge in [0.05, 0.1) is 5.52 Å². The maximum absolute atomic E-state index is 4.24. The Kier molecular flexibility index (Phi) is 4.36. The van der Waals surface area contributed by atoms with Gasteiger partial charge in [-0.3, -0.25) is 4.98 Å². The molecule has 1 N–H and O–H groups in total. The Labute approximate surface area is 133 Å². The largest absolute Gasteiger partial charge is 0.343 e. The molecule has 0 saturated heterocycles. The van der Waals surface area contributed by atoms with Crippen LogP contribution in [0.3, 0.4) is 0 Å². The van der Waals surface area contributed by atoms with Crippen LogP contribution in [0.2, 0.25) is 0 Å². The van der Waals surface area contributed by atoms with Crippen molar-refractivity contribution >= 4 is 26.8 Å². The number of pyridine rings is 1. The minimum atomic E-state index is 0.832. The zero-order valence-corrected chi connectivity index (χ0v) is 13.6. The molecule has 3 aromatic rings. The number of fused-ring (bicyclic) bond motifs is 1. The van der Waals surface area contributed by atoms with E-state index in [0.29, 0.717) is 0 Å². The number of aromatic nitrogens is 2. The molecule has 0 atom stereocenters. The fourth-order valence-corrected chi connectivity index (χ4v) is 3.03. The van der Waals surface area contributed by atoms with E-state index in [1.807, 2.05) is 12.4 Å². The fraction of sp³-hybridized carbons (Fsp3) is 0.235. The van der Waals surface area contributed by atoms with Crippen LogP contribution < -0.4 is 5.32 Å². The molecule has 0 aliphatic carbocycles. The molecular weight excluding hydrogens is 326 g/mol. The van der Waals surface area contributed by atoms with E-state index in [1.165, 1.54) is 22.0 Å². The average molecular weight is 344 g/mol. The van der Waals surface area contributed by atoms with Crippen molar-refractivity contribution in [2.75, 3.05) is 6.54 Å². The summed E-state index contributed by atoms with van der Waals surface area (Å²) in [5, 5.41) is 4.70. The molecule has 2 aromatic heterocycles. The van der Waals surface area contributed by atoms with E-state index in [9.17, 15) is 0 Å². The van der Waals surface area contributed by atoms with Crippen LogP contribution in [-0.4, -0.2) is 16.1 Å². The Hall–Kier alpha value is -1.65. The lowest BCUT2D eigenvalue weighted by molar-refractivity contribution is 0.724. The van der Waals surface area contributed by atoms with Gasteiger partial charge >= 0.3 is 0 Å². The molecule has 0 bridgehead atoms. The Bertz CT molecular complexity index is 749. The highest BCUT2D eigenvalue weighted by atomic mass is 79.9. The van der Waals surface area contributed by atoms with Crippen molar-refractivity contribution in [3.05, 3.63) is 64.5 Å². The number of rotatable bonds is 5. The van der Waals surface area contributed by atoms with Gasteiger partial charge in [0.1, 0.15) is 0 Å². The molecule has 3 rings (SSSR count).